The zero-order chi connectivity index (χ0) is 13.5. The zero-order valence-corrected chi connectivity index (χ0v) is 11.9. The van der Waals surface area contributed by atoms with Crippen LogP contribution in [0.3, 0.4) is 0 Å². The van der Waals surface area contributed by atoms with Gasteiger partial charge in [-0.3, -0.25) is 9.78 Å². The summed E-state index contributed by atoms with van der Waals surface area (Å²) in [5, 5.41) is 2.04. The van der Waals surface area contributed by atoms with Crippen LogP contribution in [0.5, 0.6) is 0 Å². The predicted molar refractivity (Wildman–Crippen MR) is 78.0 cm³/mol. The van der Waals surface area contributed by atoms with Crippen molar-refractivity contribution in [1.82, 2.24) is 9.88 Å². The Morgan fingerprint density at radius 2 is 2.26 bits per heavy atom. The van der Waals surface area contributed by atoms with Crippen LogP contribution in [0.2, 0.25) is 0 Å². The molecule has 100 valence electrons. The van der Waals surface area contributed by atoms with Gasteiger partial charge in [-0.25, -0.2) is 0 Å². The van der Waals surface area contributed by atoms with Crippen molar-refractivity contribution >= 4 is 17.2 Å². The van der Waals surface area contributed by atoms with Crippen molar-refractivity contribution in [3.63, 3.8) is 0 Å². The molecule has 3 nitrogen and oxygen atoms in total. The first-order chi connectivity index (χ1) is 9.29. The molecule has 0 aliphatic carbocycles. The number of aromatic nitrogens is 1. The molecule has 4 heteroatoms. The highest BCUT2D eigenvalue weighted by Gasteiger charge is 2.12. The van der Waals surface area contributed by atoms with E-state index in [-0.39, 0.29) is 5.91 Å². The molecule has 2 aromatic rings. The molecule has 2 heterocycles. The second-order valence-corrected chi connectivity index (χ2v) is 5.38. The van der Waals surface area contributed by atoms with Gasteiger partial charge >= 0.3 is 0 Å². The molecule has 0 aromatic carbocycles. The minimum atomic E-state index is 0.208. The molecule has 0 saturated heterocycles. The number of thiophene rings is 1. The summed E-state index contributed by atoms with van der Waals surface area (Å²) in [5.41, 5.74) is 1.11. The Kier molecular flexibility index (Phi) is 5.10. The van der Waals surface area contributed by atoms with Crippen LogP contribution in [0.1, 0.15) is 23.8 Å². The van der Waals surface area contributed by atoms with Crippen LogP contribution in [-0.2, 0) is 17.8 Å². The van der Waals surface area contributed by atoms with Gasteiger partial charge in [0.05, 0.1) is 6.54 Å². The molecule has 0 aliphatic heterocycles. The second-order valence-electron chi connectivity index (χ2n) is 4.35. The Hall–Kier alpha value is -1.68. The Morgan fingerprint density at radius 1 is 1.37 bits per heavy atom. The van der Waals surface area contributed by atoms with E-state index in [0.717, 1.165) is 25.1 Å². The number of aryl methyl sites for hydroxylation is 1. The van der Waals surface area contributed by atoms with E-state index in [2.05, 4.69) is 11.1 Å². The standard InChI is InChI=1S/C15H18N2OS/c1-2-17(12-14-6-4-10-19-14)15(18)8-7-13-5-3-9-16-11-13/h3-6,9-11H,2,7-8,12H2,1H3. The van der Waals surface area contributed by atoms with Gasteiger partial charge in [0.2, 0.25) is 5.91 Å². The summed E-state index contributed by atoms with van der Waals surface area (Å²) in [4.78, 5) is 19.4. The van der Waals surface area contributed by atoms with E-state index in [1.165, 1.54) is 4.88 Å². The molecule has 19 heavy (non-hydrogen) atoms. The molecule has 0 atom stereocenters. The lowest BCUT2D eigenvalue weighted by Crippen LogP contribution is -2.30. The van der Waals surface area contributed by atoms with Crippen molar-refractivity contribution in [2.75, 3.05) is 6.54 Å². The quantitative estimate of drug-likeness (QED) is 0.811. The molecular formula is C15H18N2OS. The van der Waals surface area contributed by atoms with Gasteiger partial charge in [-0.15, -0.1) is 11.3 Å². The van der Waals surface area contributed by atoms with Gasteiger partial charge < -0.3 is 4.90 Å². The van der Waals surface area contributed by atoms with Crippen LogP contribution in [0, 0.1) is 0 Å². The summed E-state index contributed by atoms with van der Waals surface area (Å²) in [5.74, 6) is 0.208. The Balaban J connectivity index is 1.87. The Labute approximate surface area is 117 Å². The third kappa shape index (κ3) is 4.17. The lowest BCUT2D eigenvalue weighted by Gasteiger charge is -2.20. The molecule has 0 radical (unpaired) electrons. The van der Waals surface area contributed by atoms with Crippen molar-refractivity contribution in [1.29, 1.82) is 0 Å². The van der Waals surface area contributed by atoms with E-state index in [4.69, 9.17) is 0 Å². The van der Waals surface area contributed by atoms with Gasteiger partial charge in [0.15, 0.2) is 0 Å². The van der Waals surface area contributed by atoms with Crippen LogP contribution in [0.4, 0.5) is 0 Å². The molecule has 0 spiro atoms. The van der Waals surface area contributed by atoms with E-state index in [1.807, 2.05) is 41.6 Å². The van der Waals surface area contributed by atoms with Gasteiger partial charge in [0.25, 0.3) is 0 Å². The maximum atomic E-state index is 12.2. The fourth-order valence-corrected chi connectivity index (χ4v) is 2.64. The number of carbonyl (C=O) groups excluding carboxylic acids is 1. The molecule has 1 amide bonds. The van der Waals surface area contributed by atoms with Gasteiger partial charge in [-0.2, -0.15) is 0 Å². The Bertz CT molecular complexity index is 496. The summed E-state index contributed by atoms with van der Waals surface area (Å²) >= 11 is 1.69. The van der Waals surface area contributed by atoms with Crippen molar-refractivity contribution in [2.24, 2.45) is 0 Å². The number of rotatable bonds is 6. The molecular weight excluding hydrogens is 256 g/mol. The highest BCUT2D eigenvalue weighted by molar-refractivity contribution is 7.09. The molecule has 0 N–H and O–H groups in total. The van der Waals surface area contributed by atoms with Gasteiger partial charge in [-0.1, -0.05) is 12.1 Å². The minimum absolute atomic E-state index is 0.208. The van der Waals surface area contributed by atoms with Crippen LogP contribution >= 0.6 is 11.3 Å². The van der Waals surface area contributed by atoms with Crippen LogP contribution < -0.4 is 0 Å². The van der Waals surface area contributed by atoms with Gasteiger partial charge in [0.1, 0.15) is 0 Å². The molecule has 2 rings (SSSR count). The average molecular weight is 274 g/mol. The number of nitrogens with zero attached hydrogens (tertiary/aromatic N) is 2. The van der Waals surface area contributed by atoms with E-state index < -0.39 is 0 Å². The van der Waals surface area contributed by atoms with Crippen LogP contribution in [0.25, 0.3) is 0 Å². The summed E-state index contributed by atoms with van der Waals surface area (Å²) in [6.45, 7) is 3.50. The van der Waals surface area contributed by atoms with Crippen molar-refractivity contribution in [3.05, 3.63) is 52.5 Å². The highest BCUT2D eigenvalue weighted by Crippen LogP contribution is 2.13. The second kappa shape index (κ2) is 7.04. The lowest BCUT2D eigenvalue weighted by molar-refractivity contribution is -0.131. The molecule has 0 bridgehead atoms. The number of carbonyl (C=O) groups is 1. The predicted octanol–water partition coefficient (Wildman–Crippen LogP) is 3.12. The fraction of sp³-hybridized carbons (Fsp3) is 0.333. The van der Waals surface area contributed by atoms with Gasteiger partial charge in [0, 0.05) is 30.2 Å². The van der Waals surface area contributed by atoms with E-state index in [9.17, 15) is 4.79 Å². The molecule has 0 unspecified atom stereocenters. The molecule has 2 aromatic heterocycles. The molecule has 0 saturated carbocycles. The fourth-order valence-electron chi connectivity index (χ4n) is 1.92. The summed E-state index contributed by atoms with van der Waals surface area (Å²) in [6.07, 6.45) is 4.88. The zero-order valence-electron chi connectivity index (χ0n) is 11.1. The van der Waals surface area contributed by atoms with E-state index in [0.29, 0.717) is 6.42 Å². The number of pyridine rings is 1. The summed E-state index contributed by atoms with van der Waals surface area (Å²) < 4.78 is 0. The first kappa shape index (κ1) is 13.7. The van der Waals surface area contributed by atoms with Crippen LogP contribution in [-0.4, -0.2) is 22.3 Å². The van der Waals surface area contributed by atoms with E-state index >= 15 is 0 Å². The normalized spacial score (nSPS) is 10.4. The molecule has 0 aliphatic rings. The largest absolute Gasteiger partial charge is 0.338 e. The van der Waals surface area contributed by atoms with Crippen molar-refractivity contribution < 1.29 is 4.79 Å². The van der Waals surface area contributed by atoms with Crippen molar-refractivity contribution in [3.8, 4) is 0 Å². The number of amides is 1. The van der Waals surface area contributed by atoms with Crippen molar-refractivity contribution in [2.45, 2.75) is 26.3 Å². The van der Waals surface area contributed by atoms with E-state index in [1.54, 1.807) is 17.5 Å². The first-order valence-corrected chi connectivity index (χ1v) is 7.36. The van der Waals surface area contributed by atoms with Gasteiger partial charge in [-0.05, 0) is 36.4 Å². The molecule has 0 fully saturated rings. The summed E-state index contributed by atoms with van der Waals surface area (Å²) in [6, 6.07) is 8.01. The monoisotopic (exact) mass is 274 g/mol. The third-order valence-corrected chi connectivity index (χ3v) is 3.87. The number of hydrogen-bond acceptors (Lipinski definition) is 3. The Morgan fingerprint density at radius 3 is 2.89 bits per heavy atom. The maximum absolute atomic E-state index is 12.2. The SMILES string of the molecule is CCN(Cc1cccs1)C(=O)CCc1cccnc1. The smallest absolute Gasteiger partial charge is 0.223 e. The topological polar surface area (TPSA) is 33.2 Å². The van der Waals surface area contributed by atoms with Crippen LogP contribution in [0.15, 0.2) is 42.0 Å². The first-order valence-electron chi connectivity index (χ1n) is 6.48. The maximum Gasteiger partial charge on any atom is 0.223 e. The lowest BCUT2D eigenvalue weighted by atomic mass is 10.1. The summed E-state index contributed by atoms with van der Waals surface area (Å²) in [7, 11) is 0. The highest BCUT2D eigenvalue weighted by atomic mass is 32.1. The third-order valence-electron chi connectivity index (χ3n) is 3.01. The average Bonchev–Trinajstić information content (AvgIpc) is 2.96. The minimum Gasteiger partial charge on any atom is -0.338 e. The number of hydrogen-bond donors (Lipinski definition) is 0.